The van der Waals surface area contributed by atoms with Gasteiger partial charge in [-0.2, -0.15) is 0 Å². The minimum absolute atomic E-state index is 0.233. The molecule has 0 unspecified atom stereocenters. The van der Waals surface area contributed by atoms with E-state index in [2.05, 4.69) is 4.74 Å². The molecule has 0 saturated carbocycles. The van der Waals surface area contributed by atoms with Gasteiger partial charge in [-0.05, 0) is 45.9 Å². The third kappa shape index (κ3) is 4.20. The second-order valence-corrected chi connectivity index (χ2v) is 6.17. The van der Waals surface area contributed by atoms with Crippen LogP contribution in [0.25, 0.3) is 0 Å². The van der Waals surface area contributed by atoms with E-state index in [1.54, 1.807) is 27.7 Å². The van der Waals surface area contributed by atoms with Crippen molar-refractivity contribution in [1.82, 2.24) is 0 Å². The van der Waals surface area contributed by atoms with Gasteiger partial charge >= 0.3 is 13.1 Å². The Morgan fingerprint density at radius 2 is 1.86 bits per heavy atom. The van der Waals surface area contributed by atoms with Gasteiger partial charge in [0.2, 0.25) is 0 Å². The number of ether oxygens (including phenoxy) is 1. The van der Waals surface area contributed by atoms with Gasteiger partial charge in [0.25, 0.3) is 0 Å². The predicted octanol–water partition coefficient (Wildman–Crippen LogP) is 1.38. The summed E-state index contributed by atoms with van der Waals surface area (Å²) in [5, 5.41) is 20.5. The van der Waals surface area contributed by atoms with Crippen molar-refractivity contribution < 1.29 is 24.3 Å². The van der Waals surface area contributed by atoms with Gasteiger partial charge in [0.1, 0.15) is 0 Å². The molecule has 1 rings (SSSR count). The van der Waals surface area contributed by atoms with E-state index in [0.717, 1.165) is 0 Å². The molecule has 0 aliphatic carbocycles. The van der Waals surface area contributed by atoms with E-state index in [1.165, 1.54) is 25.3 Å². The summed E-state index contributed by atoms with van der Waals surface area (Å²) >= 11 is 6.03. The first-order valence-electron chi connectivity index (χ1n) is 6.45. The van der Waals surface area contributed by atoms with E-state index < -0.39 is 24.3 Å². The number of aliphatic hydroxyl groups is 1. The Hall–Kier alpha value is -1.08. The fourth-order valence-electron chi connectivity index (χ4n) is 1.46. The molecule has 0 amide bonds. The second-order valence-electron chi connectivity index (χ2n) is 5.77. The summed E-state index contributed by atoms with van der Waals surface area (Å²) in [5.41, 5.74) is -1.73. The molecular formula is C14H20BClO5. The highest BCUT2D eigenvalue weighted by molar-refractivity contribution is 6.64. The minimum atomic E-state index is -1.39. The van der Waals surface area contributed by atoms with Crippen molar-refractivity contribution >= 4 is 30.2 Å². The molecule has 0 fully saturated rings. The van der Waals surface area contributed by atoms with Crippen LogP contribution in [-0.2, 0) is 9.39 Å². The Morgan fingerprint density at radius 3 is 2.33 bits per heavy atom. The molecule has 0 aliphatic heterocycles. The monoisotopic (exact) mass is 314 g/mol. The van der Waals surface area contributed by atoms with Crippen LogP contribution in [0.15, 0.2) is 18.2 Å². The van der Waals surface area contributed by atoms with Crippen molar-refractivity contribution in [3.05, 3.63) is 28.8 Å². The second kappa shape index (κ2) is 6.36. The Morgan fingerprint density at radius 1 is 1.29 bits per heavy atom. The van der Waals surface area contributed by atoms with Crippen LogP contribution in [0, 0.1) is 0 Å². The molecule has 7 heteroatoms. The molecule has 0 aromatic heterocycles. The number of carbonyl (C=O) groups excluding carboxylic acids is 1. The van der Waals surface area contributed by atoms with Gasteiger partial charge < -0.3 is 19.5 Å². The van der Waals surface area contributed by atoms with E-state index in [4.69, 9.17) is 16.3 Å². The van der Waals surface area contributed by atoms with E-state index in [0.29, 0.717) is 0 Å². The number of hydrogen-bond donors (Lipinski definition) is 2. The van der Waals surface area contributed by atoms with Crippen LogP contribution in [0.4, 0.5) is 0 Å². The lowest BCUT2D eigenvalue weighted by Gasteiger charge is -2.38. The van der Waals surface area contributed by atoms with Crippen molar-refractivity contribution in [2.45, 2.75) is 38.9 Å². The molecule has 0 spiro atoms. The quantitative estimate of drug-likeness (QED) is 0.634. The lowest BCUT2D eigenvalue weighted by atomic mass is 9.76. The topological polar surface area (TPSA) is 76.0 Å². The zero-order chi connectivity index (χ0) is 16.4. The van der Waals surface area contributed by atoms with Crippen molar-refractivity contribution in [3.63, 3.8) is 0 Å². The van der Waals surface area contributed by atoms with Crippen LogP contribution in [0.1, 0.15) is 38.1 Å². The lowest BCUT2D eigenvalue weighted by Crippen LogP contribution is -2.53. The third-order valence-corrected chi connectivity index (χ3v) is 3.91. The van der Waals surface area contributed by atoms with E-state index in [-0.39, 0.29) is 16.0 Å². The number of methoxy groups -OCH3 is 1. The maximum atomic E-state index is 11.5. The van der Waals surface area contributed by atoms with Crippen LogP contribution < -0.4 is 5.46 Å². The molecule has 116 valence electrons. The van der Waals surface area contributed by atoms with Crippen molar-refractivity contribution in [3.8, 4) is 0 Å². The molecule has 0 heterocycles. The Labute approximate surface area is 130 Å². The minimum Gasteiger partial charge on any atom is -0.465 e. The van der Waals surface area contributed by atoms with Crippen LogP contribution >= 0.6 is 11.6 Å². The van der Waals surface area contributed by atoms with E-state index >= 15 is 0 Å². The van der Waals surface area contributed by atoms with Gasteiger partial charge in [-0.3, -0.25) is 0 Å². The van der Waals surface area contributed by atoms with Gasteiger partial charge in [-0.1, -0.05) is 11.6 Å². The van der Waals surface area contributed by atoms with Crippen molar-refractivity contribution in [2.75, 3.05) is 7.11 Å². The number of esters is 1. The van der Waals surface area contributed by atoms with Crippen molar-refractivity contribution in [1.29, 1.82) is 0 Å². The summed E-state index contributed by atoms with van der Waals surface area (Å²) in [6.45, 7) is 6.45. The number of rotatable bonds is 5. The first-order chi connectivity index (χ1) is 9.49. The molecule has 2 N–H and O–H groups in total. The van der Waals surface area contributed by atoms with Crippen LogP contribution in [0.5, 0.6) is 0 Å². The highest BCUT2D eigenvalue weighted by Crippen LogP contribution is 2.25. The molecular weight excluding hydrogens is 294 g/mol. The third-order valence-electron chi connectivity index (χ3n) is 3.56. The Balaban J connectivity index is 3.07. The van der Waals surface area contributed by atoms with Gasteiger partial charge in [-0.25, -0.2) is 4.79 Å². The summed E-state index contributed by atoms with van der Waals surface area (Å²) in [7, 11) is -0.121. The molecule has 21 heavy (non-hydrogen) atoms. The smallest absolute Gasteiger partial charge is 0.465 e. The van der Waals surface area contributed by atoms with Crippen molar-refractivity contribution in [2.24, 2.45) is 0 Å². The van der Waals surface area contributed by atoms with Crippen LogP contribution in [-0.4, -0.2) is 41.5 Å². The van der Waals surface area contributed by atoms with E-state index in [1.807, 2.05) is 0 Å². The largest absolute Gasteiger partial charge is 0.493 e. The molecule has 1 aromatic rings. The fraction of sp³-hybridized carbons (Fsp3) is 0.500. The number of halogens is 1. The summed E-state index contributed by atoms with van der Waals surface area (Å²) in [6.07, 6.45) is 0. The van der Waals surface area contributed by atoms with Crippen LogP contribution in [0.3, 0.4) is 0 Å². The molecule has 0 bridgehead atoms. The maximum absolute atomic E-state index is 11.5. The van der Waals surface area contributed by atoms with Crippen LogP contribution in [0.2, 0.25) is 5.02 Å². The molecule has 0 atom stereocenters. The summed E-state index contributed by atoms with van der Waals surface area (Å²) in [5.74, 6) is -0.540. The summed E-state index contributed by atoms with van der Waals surface area (Å²) < 4.78 is 10.1. The fourth-order valence-corrected chi connectivity index (χ4v) is 1.68. The number of benzene rings is 1. The SMILES string of the molecule is COC(=O)c1ccc(Cl)c(B(O)OC(C)(C)C(C)(C)O)c1. The van der Waals surface area contributed by atoms with Gasteiger partial charge in [0.15, 0.2) is 0 Å². The normalized spacial score (nSPS) is 12.2. The molecule has 0 aliphatic rings. The average Bonchev–Trinajstić information content (AvgIpc) is 2.36. The Kier molecular flexibility index (Phi) is 5.44. The van der Waals surface area contributed by atoms with Gasteiger partial charge in [0, 0.05) is 10.5 Å². The molecule has 0 saturated heterocycles. The first kappa shape index (κ1) is 18.0. The molecule has 1 aromatic carbocycles. The molecule has 5 nitrogen and oxygen atoms in total. The lowest BCUT2D eigenvalue weighted by molar-refractivity contribution is -0.0982. The first-order valence-corrected chi connectivity index (χ1v) is 6.83. The molecule has 0 radical (unpaired) electrons. The highest BCUT2D eigenvalue weighted by atomic mass is 35.5. The average molecular weight is 315 g/mol. The predicted molar refractivity (Wildman–Crippen MR) is 81.9 cm³/mol. The zero-order valence-electron chi connectivity index (χ0n) is 12.8. The van der Waals surface area contributed by atoms with Gasteiger partial charge in [-0.15, -0.1) is 0 Å². The van der Waals surface area contributed by atoms with Gasteiger partial charge in [0.05, 0.1) is 23.9 Å². The Bertz CT molecular complexity index is 525. The maximum Gasteiger partial charge on any atom is 0.493 e. The highest BCUT2D eigenvalue weighted by Gasteiger charge is 2.40. The number of carbonyl (C=O) groups is 1. The number of hydrogen-bond acceptors (Lipinski definition) is 5. The summed E-state index contributed by atoms with van der Waals surface area (Å²) in [4.78, 5) is 11.5. The standard InChI is InChI=1S/C14H20BClO5/c1-13(2,18)14(3,4)21-15(19)10-8-9(12(17)20-5)6-7-11(10)16/h6-8,18-19H,1-5H3. The van der Waals surface area contributed by atoms with E-state index in [9.17, 15) is 14.9 Å². The summed E-state index contributed by atoms with van der Waals surface area (Å²) in [6, 6.07) is 4.37. The zero-order valence-corrected chi connectivity index (χ0v) is 13.6.